The van der Waals surface area contributed by atoms with Gasteiger partial charge < -0.3 is 9.64 Å². The minimum absolute atomic E-state index is 0.211. The number of aromatic nitrogens is 2. The molecule has 1 aromatic carbocycles. The molecule has 4 nitrogen and oxygen atoms in total. The molecular weight excluding hydrogens is 325 g/mol. The van der Waals surface area contributed by atoms with Crippen LogP contribution >= 0.6 is 11.3 Å². The van der Waals surface area contributed by atoms with Crippen molar-refractivity contribution in [3.8, 4) is 0 Å². The summed E-state index contributed by atoms with van der Waals surface area (Å²) in [5.41, 5.74) is 1.01. The number of fused-ring (bicyclic) bond motifs is 1. The number of anilines is 1. The maximum absolute atomic E-state index is 12.9. The molecule has 1 fully saturated rings. The predicted molar refractivity (Wildman–Crippen MR) is 93.8 cm³/mol. The molecule has 0 bridgehead atoms. The van der Waals surface area contributed by atoms with Gasteiger partial charge in [0.05, 0.1) is 18.1 Å². The summed E-state index contributed by atoms with van der Waals surface area (Å²) in [6, 6.07) is 8.59. The van der Waals surface area contributed by atoms with E-state index in [0.717, 1.165) is 47.5 Å². The third kappa shape index (κ3) is 3.25. The predicted octanol–water partition coefficient (Wildman–Crippen LogP) is 4.02. The third-order valence-corrected chi connectivity index (χ3v) is 5.20. The Bertz CT molecular complexity index is 813. The van der Waals surface area contributed by atoms with E-state index in [0.29, 0.717) is 6.61 Å². The molecule has 0 spiro atoms. The fourth-order valence-electron chi connectivity index (χ4n) is 3.06. The highest BCUT2D eigenvalue weighted by Gasteiger charge is 2.22. The Morgan fingerprint density at radius 1 is 1.12 bits per heavy atom. The fourth-order valence-corrected chi connectivity index (χ4v) is 3.79. The first kappa shape index (κ1) is 15.5. The molecule has 0 saturated carbocycles. The number of rotatable bonds is 4. The molecule has 6 heteroatoms. The van der Waals surface area contributed by atoms with Crippen LogP contribution < -0.4 is 4.90 Å². The fraction of sp³-hybridized carbons (Fsp3) is 0.333. The second-order valence-electron chi connectivity index (χ2n) is 5.96. The lowest BCUT2D eigenvalue weighted by Crippen LogP contribution is -2.37. The average molecular weight is 343 g/mol. The van der Waals surface area contributed by atoms with Gasteiger partial charge in [-0.15, -0.1) is 11.3 Å². The Morgan fingerprint density at radius 2 is 1.92 bits per heavy atom. The normalized spacial score (nSPS) is 16.0. The first-order valence-corrected chi connectivity index (χ1v) is 8.97. The quantitative estimate of drug-likeness (QED) is 0.717. The van der Waals surface area contributed by atoms with E-state index in [1.165, 1.54) is 12.1 Å². The number of ether oxygens (including phenoxy) is 1. The number of hydrogen-bond donors (Lipinski definition) is 0. The van der Waals surface area contributed by atoms with Crippen LogP contribution in [0.5, 0.6) is 0 Å². The van der Waals surface area contributed by atoms with Crippen LogP contribution in [-0.2, 0) is 11.3 Å². The number of nitrogens with zero attached hydrogens (tertiary/aromatic N) is 3. The second-order valence-corrected chi connectivity index (χ2v) is 6.86. The van der Waals surface area contributed by atoms with Crippen molar-refractivity contribution in [2.24, 2.45) is 0 Å². The molecule has 0 aliphatic carbocycles. The van der Waals surface area contributed by atoms with Gasteiger partial charge in [-0.25, -0.2) is 14.4 Å². The Morgan fingerprint density at radius 3 is 2.71 bits per heavy atom. The van der Waals surface area contributed by atoms with E-state index in [1.807, 2.05) is 0 Å². The summed E-state index contributed by atoms with van der Waals surface area (Å²) in [6.45, 7) is 2.39. The molecule has 1 saturated heterocycles. The molecule has 2 aromatic heterocycles. The summed E-state index contributed by atoms with van der Waals surface area (Å²) in [5, 5.41) is 3.19. The van der Waals surface area contributed by atoms with Crippen molar-refractivity contribution >= 4 is 27.4 Å². The van der Waals surface area contributed by atoms with Crippen molar-refractivity contribution in [3.05, 3.63) is 53.4 Å². The lowest BCUT2D eigenvalue weighted by atomic mass is 10.1. The largest absolute Gasteiger partial charge is 0.373 e. The van der Waals surface area contributed by atoms with Crippen LogP contribution in [-0.4, -0.2) is 29.2 Å². The number of benzene rings is 1. The van der Waals surface area contributed by atoms with Crippen molar-refractivity contribution in [3.63, 3.8) is 0 Å². The zero-order valence-electron chi connectivity index (χ0n) is 13.2. The van der Waals surface area contributed by atoms with E-state index in [9.17, 15) is 4.39 Å². The molecule has 0 unspecified atom stereocenters. The molecule has 0 atom stereocenters. The van der Waals surface area contributed by atoms with E-state index >= 15 is 0 Å². The molecule has 1 aliphatic rings. The van der Waals surface area contributed by atoms with Gasteiger partial charge in [-0.3, -0.25) is 0 Å². The van der Waals surface area contributed by atoms with Gasteiger partial charge in [-0.2, -0.15) is 0 Å². The number of piperidine rings is 1. The van der Waals surface area contributed by atoms with Crippen molar-refractivity contribution in [1.82, 2.24) is 9.97 Å². The van der Waals surface area contributed by atoms with Gasteiger partial charge in [0.25, 0.3) is 0 Å². The number of hydrogen-bond acceptors (Lipinski definition) is 5. The van der Waals surface area contributed by atoms with Crippen molar-refractivity contribution in [2.75, 3.05) is 18.0 Å². The van der Waals surface area contributed by atoms with Gasteiger partial charge in [0, 0.05) is 13.1 Å². The standard InChI is InChI=1S/C18H18FN3OS/c19-14-3-1-13(2-4-14)11-23-15-5-8-22(9-6-15)17-16-7-10-24-18(16)21-12-20-17/h1-4,7,10,12,15H,5-6,8-9,11H2. The Labute approximate surface area is 143 Å². The van der Waals surface area contributed by atoms with Gasteiger partial charge in [-0.05, 0) is 42.0 Å². The monoisotopic (exact) mass is 343 g/mol. The maximum Gasteiger partial charge on any atom is 0.140 e. The Kier molecular flexibility index (Phi) is 4.40. The molecule has 3 heterocycles. The van der Waals surface area contributed by atoms with Crippen LogP contribution in [0.15, 0.2) is 42.0 Å². The average Bonchev–Trinajstić information content (AvgIpc) is 3.10. The van der Waals surface area contributed by atoms with Crippen LogP contribution in [0.2, 0.25) is 0 Å². The zero-order valence-corrected chi connectivity index (χ0v) is 14.0. The van der Waals surface area contributed by atoms with Crippen LogP contribution in [0.25, 0.3) is 10.2 Å². The Balaban J connectivity index is 1.35. The minimum Gasteiger partial charge on any atom is -0.373 e. The molecule has 0 N–H and O–H groups in total. The minimum atomic E-state index is -0.211. The Hall–Kier alpha value is -2.05. The molecule has 0 radical (unpaired) electrons. The number of thiophene rings is 1. The summed E-state index contributed by atoms with van der Waals surface area (Å²) in [4.78, 5) is 12.1. The number of halogens is 1. The van der Waals surface area contributed by atoms with E-state index in [-0.39, 0.29) is 11.9 Å². The molecule has 3 aromatic rings. The van der Waals surface area contributed by atoms with Crippen LogP contribution in [0, 0.1) is 5.82 Å². The van der Waals surface area contributed by atoms with Gasteiger partial charge >= 0.3 is 0 Å². The summed E-state index contributed by atoms with van der Waals surface area (Å²) in [7, 11) is 0. The van der Waals surface area contributed by atoms with Crippen molar-refractivity contribution in [2.45, 2.75) is 25.6 Å². The first-order valence-electron chi connectivity index (χ1n) is 8.09. The lowest BCUT2D eigenvalue weighted by molar-refractivity contribution is 0.0250. The smallest absolute Gasteiger partial charge is 0.140 e. The molecule has 1 aliphatic heterocycles. The van der Waals surface area contributed by atoms with E-state index in [2.05, 4.69) is 26.3 Å². The van der Waals surface area contributed by atoms with Gasteiger partial charge in [-0.1, -0.05) is 12.1 Å². The molecular formula is C18H18FN3OS. The van der Waals surface area contributed by atoms with Gasteiger partial charge in [0.1, 0.15) is 22.8 Å². The lowest BCUT2D eigenvalue weighted by Gasteiger charge is -2.33. The van der Waals surface area contributed by atoms with Gasteiger partial charge in [0.15, 0.2) is 0 Å². The highest BCUT2D eigenvalue weighted by atomic mass is 32.1. The van der Waals surface area contributed by atoms with E-state index in [4.69, 9.17) is 4.74 Å². The highest BCUT2D eigenvalue weighted by Crippen LogP contribution is 2.29. The topological polar surface area (TPSA) is 38.2 Å². The van der Waals surface area contributed by atoms with E-state index in [1.54, 1.807) is 29.8 Å². The van der Waals surface area contributed by atoms with Crippen LogP contribution in [0.1, 0.15) is 18.4 Å². The molecule has 4 rings (SSSR count). The van der Waals surface area contributed by atoms with Crippen molar-refractivity contribution < 1.29 is 9.13 Å². The molecule has 124 valence electrons. The van der Waals surface area contributed by atoms with Crippen LogP contribution in [0.3, 0.4) is 0 Å². The zero-order chi connectivity index (χ0) is 16.4. The summed E-state index contributed by atoms with van der Waals surface area (Å²) in [5.74, 6) is 0.815. The first-order chi connectivity index (χ1) is 11.8. The third-order valence-electron chi connectivity index (χ3n) is 4.38. The van der Waals surface area contributed by atoms with Crippen LogP contribution in [0.4, 0.5) is 10.2 Å². The molecule has 24 heavy (non-hydrogen) atoms. The highest BCUT2D eigenvalue weighted by molar-refractivity contribution is 7.16. The van der Waals surface area contributed by atoms with Gasteiger partial charge in [0.2, 0.25) is 0 Å². The summed E-state index contributed by atoms with van der Waals surface area (Å²) >= 11 is 1.64. The SMILES string of the molecule is Fc1ccc(COC2CCN(c3ncnc4sccc34)CC2)cc1. The second kappa shape index (κ2) is 6.83. The van der Waals surface area contributed by atoms with E-state index < -0.39 is 0 Å². The summed E-state index contributed by atoms with van der Waals surface area (Å²) < 4.78 is 18.9. The maximum atomic E-state index is 12.9. The summed E-state index contributed by atoms with van der Waals surface area (Å²) in [6.07, 6.45) is 3.82. The molecule has 0 amide bonds. The van der Waals surface area contributed by atoms with Crippen molar-refractivity contribution in [1.29, 1.82) is 0 Å².